The highest BCUT2D eigenvalue weighted by Crippen LogP contribution is 2.47. The molecule has 1 aliphatic rings. The quantitative estimate of drug-likeness (QED) is 0.173. The lowest BCUT2D eigenvalue weighted by molar-refractivity contribution is -0.122. The highest BCUT2D eigenvalue weighted by Gasteiger charge is 2.44. The molecule has 0 aliphatic heterocycles. The molecule has 2 atom stereocenters. The number of hydrogen-bond acceptors (Lipinski definition) is 4. The van der Waals surface area contributed by atoms with Crippen molar-refractivity contribution in [3.05, 3.63) is 99.0 Å². The summed E-state index contributed by atoms with van der Waals surface area (Å²) in [5.74, 6) is -0.124. The van der Waals surface area contributed by atoms with Crippen molar-refractivity contribution in [2.24, 2.45) is 11.0 Å². The third-order valence-corrected chi connectivity index (χ3v) is 6.51. The second-order valence-corrected chi connectivity index (χ2v) is 10.5. The zero-order chi connectivity index (χ0) is 25.2. The molecule has 3 aromatic rings. The molecule has 1 amide bonds. The van der Waals surface area contributed by atoms with E-state index >= 15 is 0 Å². The van der Waals surface area contributed by atoms with Gasteiger partial charge in [0, 0.05) is 10.9 Å². The van der Waals surface area contributed by atoms with Gasteiger partial charge in [0.2, 0.25) is 5.91 Å². The van der Waals surface area contributed by atoms with Gasteiger partial charge in [-0.15, -0.1) is 0 Å². The van der Waals surface area contributed by atoms with Crippen molar-refractivity contribution in [3.8, 4) is 5.75 Å². The first-order valence-electron chi connectivity index (χ1n) is 11.3. The first-order chi connectivity index (χ1) is 16.6. The van der Waals surface area contributed by atoms with Gasteiger partial charge in [-0.2, -0.15) is 5.10 Å². The van der Waals surface area contributed by atoms with Gasteiger partial charge in [-0.05, 0) is 76.9 Å². The summed E-state index contributed by atoms with van der Waals surface area (Å²) in [5, 5.41) is 4.74. The largest absolute Gasteiger partial charge is 0.423 e. The minimum Gasteiger partial charge on any atom is -0.423 e. The number of nitrogens with one attached hydrogen (secondary N) is 1. The molecule has 1 N–H and O–H groups in total. The molecule has 1 aliphatic carbocycles. The monoisotopic (exact) mass is 508 g/mol. The maximum absolute atomic E-state index is 12.5. The van der Waals surface area contributed by atoms with Crippen LogP contribution in [0.25, 0.3) is 0 Å². The van der Waals surface area contributed by atoms with Gasteiger partial charge in [0.05, 0.1) is 16.8 Å². The SMILES string of the molecule is CC(C)(C)c1ccc([C@H]2C[C@@H]2C(=O)N/N=C/c2ccc(OC(=O)c3ccc(Cl)cc3Cl)cc2)cc1. The van der Waals surface area contributed by atoms with Crippen molar-refractivity contribution >= 4 is 41.3 Å². The van der Waals surface area contributed by atoms with Crippen molar-refractivity contribution < 1.29 is 14.3 Å². The topological polar surface area (TPSA) is 67.8 Å². The van der Waals surface area contributed by atoms with Gasteiger partial charge in [0.25, 0.3) is 0 Å². The van der Waals surface area contributed by atoms with Crippen LogP contribution in [-0.2, 0) is 10.2 Å². The summed E-state index contributed by atoms with van der Waals surface area (Å²) >= 11 is 11.9. The van der Waals surface area contributed by atoms with Gasteiger partial charge >= 0.3 is 5.97 Å². The Labute approximate surface area is 215 Å². The van der Waals surface area contributed by atoms with Crippen LogP contribution >= 0.6 is 23.2 Å². The van der Waals surface area contributed by atoms with Crippen LogP contribution in [0.2, 0.25) is 10.0 Å². The number of nitrogens with zero attached hydrogens (tertiary/aromatic N) is 1. The Morgan fingerprint density at radius 2 is 1.69 bits per heavy atom. The fraction of sp³-hybridized carbons (Fsp3) is 0.250. The van der Waals surface area contributed by atoms with E-state index in [4.69, 9.17) is 27.9 Å². The Morgan fingerprint density at radius 1 is 1.00 bits per heavy atom. The van der Waals surface area contributed by atoms with E-state index in [9.17, 15) is 9.59 Å². The molecule has 7 heteroatoms. The number of hydrazone groups is 1. The zero-order valence-electron chi connectivity index (χ0n) is 19.7. The van der Waals surface area contributed by atoms with Crippen LogP contribution in [0.1, 0.15) is 60.2 Å². The minimum absolute atomic E-state index is 0.0610. The molecule has 0 spiro atoms. The van der Waals surface area contributed by atoms with Crippen LogP contribution < -0.4 is 10.2 Å². The van der Waals surface area contributed by atoms with Gasteiger partial charge in [-0.3, -0.25) is 4.79 Å². The molecule has 0 heterocycles. The van der Waals surface area contributed by atoms with Gasteiger partial charge < -0.3 is 4.74 Å². The van der Waals surface area contributed by atoms with Crippen molar-refractivity contribution in [3.63, 3.8) is 0 Å². The lowest BCUT2D eigenvalue weighted by atomic mass is 9.86. The number of amides is 1. The molecule has 3 aromatic carbocycles. The molecule has 180 valence electrons. The molecule has 1 saturated carbocycles. The summed E-state index contributed by atoms with van der Waals surface area (Å²) in [7, 11) is 0. The predicted octanol–water partition coefficient (Wildman–Crippen LogP) is 6.76. The summed E-state index contributed by atoms with van der Waals surface area (Å²) in [6, 6.07) is 19.9. The van der Waals surface area contributed by atoms with E-state index in [0.717, 1.165) is 12.0 Å². The number of halogens is 2. The molecular formula is C28H26Cl2N2O3. The summed E-state index contributed by atoms with van der Waals surface area (Å²) in [4.78, 5) is 24.8. The Kier molecular flexibility index (Phi) is 7.29. The Morgan fingerprint density at radius 3 is 2.31 bits per heavy atom. The molecular weight excluding hydrogens is 483 g/mol. The van der Waals surface area contributed by atoms with E-state index in [0.29, 0.717) is 10.8 Å². The van der Waals surface area contributed by atoms with Gasteiger partial charge in [-0.1, -0.05) is 68.2 Å². The average molecular weight is 509 g/mol. The summed E-state index contributed by atoms with van der Waals surface area (Å²) in [5.41, 5.74) is 6.18. The van der Waals surface area contributed by atoms with Crippen LogP contribution in [0.5, 0.6) is 5.75 Å². The fourth-order valence-corrected chi connectivity index (χ4v) is 4.26. The Balaban J connectivity index is 1.27. The summed E-state index contributed by atoms with van der Waals surface area (Å²) < 4.78 is 5.36. The number of carbonyl (C=O) groups excluding carboxylic acids is 2. The van der Waals surface area contributed by atoms with E-state index in [1.807, 2.05) is 0 Å². The first-order valence-corrected chi connectivity index (χ1v) is 12.1. The minimum atomic E-state index is -0.576. The number of benzene rings is 3. The van der Waals surface area contributed by atoms with Crippen LogP contribution in [0.3, 0.4) is 0 Å². The molecule has 35 heavy (non-hydrogen) atoms. The van der Waals surface area contributed by atoms with E-state index in [1.54, 1.807) is 36.5 Å². The van der Waals surface area contributed by atoms with Crippen LogP contribution in [0, 0.1) is 5.92 Å². The van der Waals surface area contributed by atoms with Crippen LogP contribution in [-0.4, -0.2) is 18.1 Å². The molecule has 0 bridgehead atoms. The highest BCUT2D eigenvalue weighted by molar-refractivity contribution is 6.36. The van der Waals surface area contributed by atoms with E-state index in [2.05, 4.69) is 55.6 Å². The molecule has 5 nitrogen and oxygen atoms in total. The van der Waals surface area contributed by atoms with Crippen LogP contribution in [0.15, 0.2) is 71.8 Å². The van der Waals surface area contributed by atoms with Crippen molar-refractivity contribution in [2.45, 2.75) is 38.5 Å². The zero-order valence-corrected chi connectivity index (χ0v) is 21.2. The molecule has 0 unspecified atom stereocenters. The van der Waals surface area contributed by atoms with E-state index < -0.39 is 5.97 Å². The number of esters is 1. The number of rotatable bonds is 6. The molecule has 0 aromatic heterocycles. The van der Waals surface area contributed by atoms with Gasteiger partial charge in [0.1, 0.15) is 5.75 Å². The third-order valence-electron chi connectivity index (χ3n) is 5.96. The van der Waals surface area contributed by atoms with Crippen LogP contribution in [0.4, 0.5) is 0 Å². The molecule has 0 radical (unpaired) electrons. The number of hydrogen-bond donors (Lipinski definition) is 1. The average Bonchev–Trinajstić information content (AvgIpc) is 3.61. The lowest BCUT2D eigenvalue weighted by Gasteiger charge is -2.19. The smallest absolute Gasteiger partial charge is 0.345 e. The maximum atomic E-state index is 12.5. The summed E-state index contributed by atoms with van der Waals surface area (Å²) in [6.45, 7) is 6.56. The standard InChI is InChI=1S/C28H26Cl2N2O3/c1-28(2,3)19-8-6-18(7-9-19)23-15-24(23)26(33)32-31-16-17-4-11-21(12-5-17)35-27(34)22-13-10-20(29)14-25(22)30/h4-14,16,23-24H,15H2,1-3H3,(H,32,33)/b31-16+/t23-,24+/m1/s1. The maximum Gasteiger partial charge on any atom is 0.345 e. The summed E-state index contributed by atoms with van der Waals surface area (Å²) in [6.07, 6.45) is 2.38. The number of ether oxygens (including phenoxy) is 1. The highest BCUT2D eigenvalue weighted by atomic mass is 35.5. The van der Waals surface area contributed by atoms with Gasteiger partial charge in [0.15, 0.2) is 0 Å². The normalized spacial score (nSPS) is 17.3. The third kappa shape index (κ3) is 6.30. The Hall–Kier alpha value is -3.15. The van der Waals surface area contributed by atoms with Gasteiger partial charge in [-0.25, -0.2) is 10.2 Å². The Bertz CT molecular complexity index is 1260. The van der Waals surface area contributed by atoms with Crippen molar-refractivity contribution in [1.82, 2.24) is 5.43 Å². The number of carbonyl (C=O) groups is 2. The van der Waals surface area contributed by atoms with Crippen molar-refractivity contribution in [2.75, 3.05) is 0 Å². The second-order valence-electron chi connectivity index (χ2n) is 9.64. The van der Waals surface area contributed by atoms with Crippen molar-refractivity contribution in [1.29, 1.82) is 0 Å². The van der Waals surface area contributed by atoms with E-state index in [1.165, 1.54) is 23.3 Å². The predicted molar refractivity (Wildman–Crippen MR) is 140 cm³/mol. The molecule has 0 saturated heterocycles. The molecule has 1 fully saturated rings. The van der Waals surface area contributed by atoms with E-state index in [-0.39, 0.29) is 33.7 Å². The first kappa shape index (κ1) is 25.0. The molecule has 4 rings (SSSR count). The lowest BCUT2D eigenvalue weighted by Crippen LogP contribution is -2.20. The second kappa shape index (κ2) is 10.2. The fourth-order valence-electron chi connectivity index (χ4n) is 3.78.